The van der Waals surface area contributed by atoms with E-state index in [0.717, 1.165) is 33.3 Å². The van der Waals surface area contributed by atoms with Gasteiger partial charge in [-0.25, -0.2) is 4.98 Å². The van der Waals surface area contributed by atoms with Crippen LogP contribution in [0.15, 0.2) is 42.5 Å². The van der Waals surface area contributed by atoms with Crippen LogP contribution in [0.4, 0.5) is 5.69 Å². The lowest BCUT2D eigenvalue weighted by Gasteiger charge is -2.09. The van der Waals surface area contributed by atoms with Crippen molar-refractivity contribution in [2.24, 2.45) is 0 Å². The van der Waals surface area contributed by atoms with Crippen LogP contribution in [0.3, 0.4) is 0 Å². The highest BCUT2D eigenvalue weighted by atomic mass is 15.1. The van der Waals surface area contributed by atoms with Gasteiger partial charge in [0.1, 0.15) is 11.9 Å². The van der Waals surface area contributed by atoms with Crippen molar-refractivity contribution in [2.45, 2.75) is 13.5 Å². The van der Waals surface area contributed by atoms with Crippen molar-refractivity contribution in [3.8, 4) is 6.07 Å². The lowest BCUT2D eigenvalue weighted by Crippen LogP contribution is -2.06. The fourth-order valence-corrected chi connectivity index (χ4v) is 2.74. The molecule has 116 valence electrons. The number of aromatic nitrogens is 4. The third-order valence-electron chi connectivity index (χ3n) is 3.89. The summed E-state index contributed by atoms with van der Waals surface area (Å²) in [6.07, 6.45) is 0. The highest BCUT2D eigenvalue weighted by Crippen LogP contribution is 2.25. The molecule has 0 aliphatic heterocycles. The third kappa shape index (κ3) is 2.42. The third-order valence-corrected chi connectivity index (χ3v) is 3.89. The number of H-pyrrole nitrogens is 1. The molecule has 0 aliphatic rings. The summed E-state index contributed by atoms with van der Waals surface area (Å²) >= 11 is 0. The largest absolute Gasteiger partial charge is 0.375 e. The van der Waals surface area contributed by atoms with Gasteiger partial charge in [-0.1, -0.05) is 23.8 Å². The molecule has 4 rings (SSSR count). The van der Waals surface area contributed by atoms with Gasteiger partial charge in [-0.2, -0.15) is 5.26 Å². The molecule has 0 aliphatic carbocycles. The lowest BCUT2D eigenvalue weighted by atomic mass is 10.1. The lowest BCUT2D eigenvalue weighted by molar-refractivity contribution is 0.993. The highest BCUT2D eigenvalue weighted by molar-refractivity contribution is 5.93. The molecule has 6 heteroatoms. The van der Waals surface area contributed by atoms with Crippen molar-refractivity contribution < 1.29 is 0 Å². The van der Waals surface area contributed by atoms with Crippen LogP contribution in [0.2, 0.25) is 0 Å². The highest BCUT2D eigenvalue weighted by Gasteiger charge is 2.11. The summed E-state index contributed by atoms with van der Waals surface area (Å²) < 4.78 is 0. The van der Waals surface area contributed by atoms with Gasteiger partial charge in [-0.05, 0) is 31.2 Å². The number of anilines is 1. The SMILES string of the molecule is Cc1ccc2nnc(C#N)c(NCc3nc4ccccc4[nH]3)c2c1. The molecule has 4 aromatic rings. The van der Waals surface area contributed by atoms with Crippen LogP contribution in [0.25, 0.3) is 21.9 Å². The quantitative estimate of drug-likeness (QED) is 0.605. The molecular weight excluding hydrogens is 300 g/mol. The summed E-state index contributed by atoms with van der Waals surface area (Å²) in [6, 6.07) is 15.9. The van der Waals surface area contributed by atoms with Crippen LogP contribution in [0.5, 0.6) is 0 Å². The van der Waals surface area contributed by atoms with E-state index in [1.165, 1.54) is 0 Å². The number of aryl methyl sites for hydroxylation is 1. The second-order valence-corrected chi connectivity index (χ2v) is 5.61. The van der Waals surface area contributed by atoms with E-state index in [1.54, 1.807) is 0 Å². The van der Waals surface area contributed by atoms with Crippen molar-refractivity contribution in [2.75, 3.05) is 5.32 Å². The number of hydrogen-bond donors (Lipinski definition) is 2. The number of benzene rings is 2. The first-order chi connectivity index (χ1) is 11.7. The molecule has 0 saturated carbocycles. The smallest absolute Gasteiger partial charge is 0.186 e. The van der Waals surface area contributed by atoms with Crippen LogP contribution in [-0.2, 0) is 6.54 Å². The zero-order chi connectivity index (χ0) is 16.5. The fraction of sp³-hybridized carbons (Fsp3) is 0.111. The minimum Gasteiger partial charge on any atom is -0.375 e. The van der Waals surface area contributed by atoms with Gasteiger partial charge in [0.15, 0.2) is 5.69 Å². The molecule has 0 fully saturated rings. The number of imidazole rings is 1. The second kappa shape index (κ2) is 5.63. The number of hydrogen-bond acceptors (Lipinski definition) is 5. The summed E-state index contributed by atoms with van der Waals surface area (Å²) in [5.74, 6) is 0.803. The minimum atomic E-state index is 0.282. The van der Waals surface area contributed by atoms with Crippen LogP contribution >= 0.6 is 0 Å². The first-order valence-electron chi connectivity index (χ1n) is 7.59. The predicted molar refractivity (Wildman–Crippen MR) is 92.4 cm³/mol. The number of nitriles is 1. The number of nitrogens with zero attached hydrogens (tertiary/aromatic N) is 4. The zero-order valence-corrected chi connectivity index (χ0v) is 13.0. The van der Waals surface area contributed by atoms with E-state index >= 15 is 0 Å². The van der Waals surface area contributed by atoms with E-state index in [2.05, 4.69) is 31.6 Å². The summed E-state index contributed by atoms with van der Waals surface area (Å²) in [7, 11) is 0. The Balaban J connectivity index is 1.73. The van der Waals surface area contributed by atoms with E-state index < -0.39 is 0 Å². The number of rotatable bonds is 3. The molecule has 0 unspecified atom stereocenters. The molecule has 0 atom stereocenters. The van der Waals surface area contributed by atoms with Crippen LogP contribution in [0.1, 0.15) is 17.1 Å². The van der Waals surface area contributed by atoms with E-state index in [9.17, 15) is 5.26 Å². The van der Waals surface area contributed by atoms with Gasteiger partial charge >= 0.3 is 0 Å². The molecule has 0 amide bonds. The molecule has 6 nitrogen and oxygen atoms in total. The van der Waals surface area contributed by atoms with Crippen molar-refractivity contribution in [3.63, 3.8) is 0 Å². The second-order valence-electron chi connectivity index (χ2n) is 5.61. The van der Waals surface area contributed by atoms with Crippen molar-refractivity contribution in [1.29, 1.82) is 5.26 Å². The molecule has 2 N–H and O–H groups in total. The summed E-state index contributed by atoms with van der Waals surface area (Å²) in [5.41, 5.74) is 4.74. The Kier molecular flexibility index (Phi) is 3.32. The Bertz CT molecular complexity index is 1060. The fourth-order valence-electron chi connectivity index (χ4n) is 2.74. The van der Waals surface area contributed by atoms with Crippen LogP contribution in [-0.4, -0.2) is 20.2 Å². The Morgan fingerprint density at radius 2 is 2.00 bits per heavy atom. The van der Waals surface area contributed by atoms with E-state index in [-0.39, 0.29) is 5.69 Å². The molecule has 2 heterocycles. The number of fused-ring (bicyclic) bond motifs is 2. The van der Waals surface area contributed by atoms with Gasteiger partial charge in [0.05, 0.1) is 28.8 Å². The Hall–Kier alpha value is -3.46. The Labute approximate surface area is 138 Å². The summed E-state index contributed by atoms with van der Waals surface area (Å²) in [5, 5.41) is 21.6. The maximum atomic E-state index is 9.34. The van der Waals surface area contributed by atoms with Gasteiger partial charge < -0.3 is 10.3 Å². The maximum Gasteiger partial charge on any atom is 0.186 e. The van der Waals surface area contributed by atoms with Crippen molar-refractivity contribution in [1.82, 2.24) is 20.2 Å². The predicted octanol–water partition coefficient (Wildman–Crippen LogP) is 3.30. The Morgan fingerprint density at radius 1 is 1.12 bits per heavy atom. The standard InChI is InChI=1S/C18H14N6/c1-11-6-7-13-12(8-11)18(16(9-19)24-23-13)20-10-17-21-14-4-2-3-5-15(14)22-17/h2-8H,10H2,1H3,(H,20,23)(H,21,22). The van der Waals surface area contributed by atoms with E-state index in [0.29, 0.717) is 12.2 Å². The van der Waals surface area contributed by atoms with Gasteiger partial charge in [0.25, 0.3) is 0 Å². The summed E-state index contributed by atoms with van der Waals surface area (Å²) in [4.78, 5) is 7.81. The van der Waals surface area contributed by atoms with Gasteiger partial charge in [0.2, 0.25) is 0 Å². The number of aromatic amines is 1. The van der Waals surface area contributed by atoms with Gasteiger partial charge in [-0.3, -0.25) is 0 Å². The zero-order valence-electron chi connectivity index (χ0n) is 13.0. The average molecular weight is 314 g/mol. The number of nitrogens with one attached hydrogen (secondary N) is 2. The maximum absolute atomic E-state index is 9.34. The first kappa shape index (κ1) is 14.2. The molecule has 0 spiro atoms. The normalized spacial score (nSPS) is 10.8. The molecule has 0 bridgehead atoms. The van der Waals surface area contributed by atoms with E-state index in [4.69, 9.17) is 0 Å². The monoisotopic (exact) mass is 314 g/mol. The molecule has 2 aromatic carbocycles. The van der Waals surface area contributed by atoms with Crippen molar-refractivity contribution >= 4 is 27.6 Å². The molecule has 0 saturated heterocycles. The van der Waals surface area contributed by atoms with Gasteiger partial charge in [-0.15, -0.1) is 10.2 Å². The minimum absolute atomic E-state index is 0.282. The van der Waals surface area contributed by atoms with Crippen LogP contribution in [0, 0.1) is 18.3 Å². The topological polar surface area (TPSA) is 90.3 Å². The molecular formula is C18H14N6. The average Bonchev–Trinajstić information content (AvgIpc) is 3.02. The Morgan fingerprint density at radius 3 is 2.83 bits per heavy atom. The van der Waals surface area contributed by atoms with Crippen molar-refractivity contribution in [3.05, 3.63) is 59.5 Å². The van der Waals surface area contributed by atoms with E-state index in [1.807, 2.05) is 49.4 Å². The number of para-hydroxylation sites is 2. The molecule has 24 heavy (non-hydrogen) atoms. The van der Waals surface area contributed by atoms with Crippen LogP contribution < -0.4 is 5.32 Å². The van der Waals surface area contributed by atoms with Gasteiger partial charge in [0, 0.05) is 5.39 Å². The molecule has 0 radical (unpaired) electrons. The summed E-state index contributed by atoms with van der Waals surface area (Å²) in [6.45, 7) is 2.48. The molecule has 2 aromatic heterocycles. The first-order valence-corrected chi connectivity index (χ1v) is 7.59.